The molecule has 3 N–H and O–H groups in total. The van der Waals surface area contributed by atoms with Gasteiger partial charge in [-0.2, -0.15) is 5.10 Å². The molecule has 0 spiro atoms. The molecular formula is C23H31N4OS+. The Bertz CT molecular complexity index is 929. The second-order valence-electron chi connectivity index (χ2n) is 7.50. The van der Waals surface area contributed by atoms with Crippen molar-refractivity contribution in [3.8, 4) is 0 Å². The molecule has 29 heavy (non-hydrogen) atoms. The van der Waals surface area contributed by atoms with Crippen LogP contribution in [0.25, 0.3) is 0 Å². The van der Waals surface area contributed by atoms with E-state index >= 15 is 0 Å². The van der Waals surface area contributed by atoms with Crippen molar-refractivity contribution in [2.75, 3.05) is 11.9 Å². The number of quaternary nitrogens is 1. The average molecular weight is 412 g/mol. The Hall–Kier alpha value is -2.44. The highest BCUT2D eigenvalue weighted by Crippen LogP contribution is 2.23. The van der Waals surface area contributed by atoms with Gasteiger partial charge in [-0.3, -0.25) is 9.48 Å². The summed E-state index contributed by atoms with van der Waals surface area (Å²) in [6.07, 6.45) is 3.54. The number of carbonyl (C=O) groups excluding carboxylic acids is 1. The van der Waals surface area contributed by atoms with Crippen molar-refractivity contribution in [3.63, 3.8) is 0 Å². The van der Waals surface area contributed by atoms with Crippen LogP contribution in [0.3, 0.4) is 0 Å². The molecule has 0 aliphatic carbocycles. The van der Waals surface area contributed by atoms with Gasteiger partial charge in [0.1, 0.15) is 6.04 Å². The number of nitrogens with one attached hydrogen (secondary N) is 1. The first kappa shape index (κ1) is 21.3. The number of rotatable bonds is 9. The van der Waals surface area contributed by atoms with Gasteiger partial charge in [-0.05, 0) is 43.7 Å². The fourth-order valence-corrected chi connectivity index (χ4v) is 4.38. The molecule has 1 atom stereocenters. The lowest BCUT2D eigenvalue weighted by molar-refractivity contribution is -0.675. The zero-order valence-corrected chi connectivity index (χ0v) is 18.6. The molecule has 0 unspecified atom stereocenters. The SMILES string of the molecule is CCCCc1ccc([C@H]([NH2+]CC(=O)Nc2c(C)nn(C)c2C)c2cccs2)cc1. The van der Waals surface area contributed by atoms with E-state index in [0.717, 1.165) is 23.5 Å². The summed E-state index contributed by atoms with van der Waals surface area (Å²) in [5.74, 6) is -0.00896. The quantitative estimate of drug-likeness (QED) is 0.563. The van der Waals surface area contributed by atoms with Gasteiger partial charge in [0.2, 0.25) is 0 Å². The summed E-state index contributed by atoms with van der Waals surface area (Å²) in [4.78, 5) is 13.9. The number of thiophene rings is 1. The number of aromatic nitrogens is 2. The second-order valence-corrected chi connectivity index (χ2v) is 8.47. The molecule has 0 saturated heterocycles. The maximum Gasteiger partial charge on any atom is 0.279 e. The van der Waals surface area contributed by atoms with Crippen molar-refractivity contribution in [3.05, 3.63) is 69.2 Å². The zero-order valence-electron chi connectivity index (χ0n) is 17.7. The lowest BCUT2D eigenvalue weighted by atomic mass is 10.0. The zero-order chi connectivity index (χ0) is 20.8. The Morgan fingerprint density at radius 3 is 2.59 bits per heavy atom. The van der Waals surface area contributed by atoms with Gasteiger partial charge in [0.25, 0.3) is 5.91 Å². The number of aryl methyl sites for hydroxylation is 3. The van der Waals surface area contributed by atoms with Crippen LogP contribution >= 0.6 is 11.3 Å². The maximum absolute atomic E-state index is 12.6. The lowest BCUT2D eigenvalue weighted by Crippen LogP contribution is -2.87. The molecule has 0 fully saturated rings. The number of benzene rings is 1. The standard InChI is InChI=1S/C23H30N4OS/c1-5-6-8-18-10-12-19(13-11-18)23(20-9-7-14-29-20)24-15-21(28)25-22-16(2)26-27(4)17(22)3/h7,9-14,23-24H,5-6,8,15H2,1-4H3,(H,25,28)/p+1/t23-/m0/s1. The predicted molar refractivity (Wildman–Crippen MR) is 119 cm³/mol. The van der Waals surface area contributed by atoms with Crippen molar-refractivity contribution < 1.29 is 10.1 Å². The predicted octanol–water partition coefficient (Wildman–Crippen LogP) is 3.73. The monoisotopic (exact) mass is 411 g/mol. The van der Waals surface area contributed by atoms with E-state index in [-0.39, 0.29) is 11.9 Å². The van der Waals surface area contributed by atoms with Crippen LogP contribution in [0.1, 0.15) is 53.2 Å². The Balaban J connectivity index is 1.69. The van der Waals surface area contributed by atoms with E-state index in [9.17, 15) is 4.79 Å². The Labute approximate surface area is 177 Å². The smallest absolute Gasteiger partial charge is 0.279 e. The summed E-state index contributed by atoms with van der Waals surface area (Å²) >= 11 is 1.73. The van der Waals surface area contributed by atoms with Gasteiger partial charge in [0.05, 0.1) is 22.0 Å². The molecular weight excluding hydrogens is 380 g/mol. The van der Waals surface area contributed by atoms with Gasteiger partial charge in [0, 0.05) is 12.6 Å². The molecule has 0 saturated carbocycles. The van der Waals surface area contributed by atoms with Crippen LogP contribution in [0, 0.1) is 13.8 Å². The lowest BCUT2D eigenvalue weighted by Gasteiger charge is -2.15. The number of nitrogens with zero attached hydrogens (tertiary/aromatic N) is 2. The average Bonchev–Trinajstić information content (AvgIpc) is 3.32. The van der Waals surface area contributed by atoms with Gasteiger partial charge in [-0.15, -0.1) is 11.3 Å². The van der Waals surface area contributed by atoms with E-state index in [1.807, 2.05) is 20.9 Å². The summed E-state index contributed by atoms with van der Waals surface area (Å²) in [5.41, 5.74) is 5.23. The third-order valence-corrected chi connectivity index (χ3v) is 6.28. The molecule has 1 amide bonds. The summed E-state index contributed by atoms with van der Waals surface area (Å²) in [5, 5.41) is 11.6. The largest absolute Gasteiger partial charge is 0.328 e. The second kappa shape index (κ2) is 9.85. The highest BCUT2D eigenvalue weighted by molar-refractivity contribution is 7.10. The van der Waals surface area contributed by atoms with Crippen LogP contribution in [0.15, 0.2) is 41.8 Å². The number of unbranched alkanes of at least 4 members (excludes halogenated alkanes) is 1. The number of nitrogens with two attached hydrogens (primary N) is 1. The van der Waals surface area contributed by atoms with Crippen LogP contribution in [-0.2, 0) is 18.3 Å². The summed E-state index contributed by atoms with van der Waals surface area (Å²) in [7, 11) is 1.89. The third-order valence-electron chi connectivity index (χ3n) is 5.32. The number of hydrogen-bond donors (Lipinski definition) is 2. The van der Waals surface area contributed by atoms with E-state index in [1.54, 1.807) is 16.0 Å². The van der Waals surface area contributed by atoms with E-state index in [2.05, 4.69) is 64.4 Å². The third kappa shape index (κ3) is 5.34. The Morgan fingerprint density at radius 1 is 1.24 bits per heavy atom. The molecule has 2 aromatic heterocycles. The first-order chi connectivity index (χ1) is 14.0. The van der Waals surface area contributed by atoms with Gasteiger partial charge in [-0.1, -0.05) is 43.7 Å². The van der Waals surface area contributed by atoms with E-state index in [4.69, 9.17) is 0 Å². The number of amides is 1. The molecule has 154 valence electrons. The number of hydrogen-bond acceptors (Lipinski definition) is 3. The molecule has 5 nitrogen and oxygen atoms in total. The van der Waals surface area contributed by atoms with Gasteiger partial charge in [0.15, 0.2) is 6.54 Å². The van der Waals surface area contributed by atoms with Crippen LogP contribution < -0.4 is 10.6 Å². The number of carbonyl (C=O) groups is 1. The minimum atomic E-state index is -0.00896. The topological polar surface area (TPSA) is 63.5 Å². The Kier molecular flexibility index (Phi) is 7.23. The molecule has 0 bridgehead atoms. The minimum Gasteiger partial charge on any atom is -0.328 e. The first-order valence-corrected chi connectivity index (χ1v) is 11.1. The van der Waals surface area contributed by atoms with Crippen LogP contribution in [-0.4, -0.2) is 22.2 Å². The molecule has 0 aliphatic rings. The van der Waals surface area contributed by atoms with Crippen molar-refractivity contribution >= 4 is 22.9 Å². The minimum absolute atomic E-state index is 0.00896. The molecule has 3 rings (SSSR count). The Morgan fingerprint density at radius 2 is 2.00 bits per heavy atom. The van der Waals surface area contributed by atoms with E-state index in [0.29, 0.717) is 6.54 Å². The van der Waals surface area contributed by atoms with Crippen molar-refractivity contribution in [1.29, 1.82) is 0 Å². The van der Waals surface area contributed by atoms with Crippen molar-refractivity contribution in [2.45, 2.75) is 46.1 Å². The first-order valence-electron chi connectivity index (χ1n) is 10.2. The summed E-state index contributed by atoms with van der Waals surface area (Å²) in [6, 6.07) is 13.2. The van der Waals surface area contributed by atoms with Crippen molar-refractivity contribution in [2.24, 2.45) is 7.05 Å². The normalized spacial score (nSPS) is 12.1. The molecule has 0 radical (unpaired) electrons. The van der Waals surface area contributed by atoms with Gasteiger partial charge < -0.3 is 10.6 Å². The highest BCUT2D eigenvalue weighted by atomic mass is 32.1. The van der Waals surface area contributed by atoms with Crippen molar-refractivity contribution in [1.82, 2.24) is 9.78 Å². The van der Waals surface area contributed by atoms with Crippen LogP contribution in [0.4, 0.5) is 5.69 Å². The van der Waals surface area contributed by atoms with Gasteiger partial charge >= 0.3 is 0 Å². The van der Waals surface area contributed by atoms with Crippen LogP contribution in [0.2, 0.25) is 0 Å². The summed E-state index contributed by atoms with van der Waals surface area (Å²) < 4.78 is 1.79. The fourth-order valence-electron chi connectivity index (χ4n) is 3.53. The molecule has 6 heteroatoms. The fraction of sp³-hybridized carbons (Fsp3) is 0.391. The van der Waals surface area contributed by atoms with E-state index in [1.165, 1.54) is 28.8 Å². The van der Waals surface area contributed by atoms with E-state index < -0.39 is 0 Å². The van der Waals surface area contributed by atoms with Gasteiger partial charge in [-0.25, -0.2) is 0 Å². The molecule has 2 heterocycles. The maximum atomic E-state index is 12.6. The van der Waals surface area contributed by atoms with Crippen LogP contribution in [0.5, 0.6) is 0 Å². The molecule has 3 aromatic rings. The summed E-state index contributed by atoms with van der Waals surface area (Å²) in [6.45, 7) is 6.46. The number of anilines is 1. The highest BCUT2D eigenvalue weighted by Gasteiger charge is 2.21. The molecule has 1 aromatic carbocycles. The molecule has 0 aliphatic heterocycles.